The largest absolute Gasteiger partial charge is 0.388 e. The summed E-state index contributed by atoms with van der Waals surface area (Å²) in [4.78, 5) is 25.5. The molecule has 0 aromatic carbocycles. The van der Waals surface area contributed by atoms with Crippen molar-refractivity contribution < 1.29 is 9.90 Å². The Morgan fingerprint density at radius 1 is 1.55 bits per heavy atom. The third-order valence-electron chi connectivity index (χ3n) is 3.78. The zero-order valence-electron chi connectivity index (χ0n) is 12.1. The molecular formula is C14H22N2O3S. The lowest BCUT2D eigenvalue weighted by Crippen LogP contribution is -2.48. The van der Waals surface area contributed by atoms with E-state index in [-0.39, 0.29) is 10.8 Å². The van der Waals surface area contributed by atoms with E-state index in [0.717, 1.165) is 25.1 Å². The minimum Gasteiger partial charge on any atom is -0.388 e. The molecule has 0 radical (unpaired) electrons. The van der Waals surface area contributed by atoms with Gasteiger partial charge in [-0.15, -0.1) is 0 Å². The Balaban J connectivity index is 1.82. The topological polar surface area (TPSA) is 62.5 Å². The van der Waals surface area contributed by atoms with Crippen LogP contribution in [-0.2, 0) is 11.3 Å². The van der Waals surface area contributed by atoms with Crippen molar-refractivity contribution in [3.63, 3.8) is 0 Å². The summed E-state index contributed by atoms with van der Waals surface area (Å²) < 4.78 is 1.71. The van der Waals surface area contributed by atoms with Crippen LogP contribution in [0, 0.1) is 6.92 Å². The van der Waals surface area contributed by atoms with Gasteiger partial charge in [-0.25, -0.2) is 0 Å². The number of aliphatic hydroxyl groups is 1. The Morgan fingerprint density at radius 3 is 2.90 bits per heavy atom. The first-order chi connectivity index (χ1) is 9.39. The van der Waals surface area contributed by atoms with Crippen LogP contribution in [0.4, 0.5) is 0 Å². The standard InChI is InChI=1S/C14H22N2O3S/c1-11-9-20-13(18)16(11)8-3-5-12(17)15-7-4-6-14(2,19)10-15/h9,19H,3-8,10H2,1-2H3. The molecule has 1 atom stereocenters. The zero-order chi connectivity index (χ0) is 14.8. The number of hydrogen-bond donors (Lipinski definition) is 1. The van der Waals surface area contributed by atoms with Crippen molar-refractivity contribution >= 4 is 17.2 Å². The average Bonchev–Trinajstić information content (AvgIpc) is 2.69. The SMILES string of the molecule is Cc1csc(=O)n1CCCC(=O)N1CCCC(C)(O)C1. The van der Waals surface area contributed by atoms with Crippen LogP contribution in [0.25, 0.3) is 0 Å². The van der Waals surface area contributed by atoms with Gasteiger partial charge in [0.05, 0.1) is 5.60 Å². The number of aromatic nitrogens is 1. The number of piperidine rings is 1. The van der Waals surface area contributed by atoms with Crippen LogP contribution in [0.15, 0.2) is 10.2 Å². The fourth-order valence-electron chi connectivity index (χ4n) is 2.65. The highest BCUT2D eigenvalue weighted by Crippen LogP contribution is 2.21. The van der Waals surface area contributed by atoms with Crippen molar-refractivity contribution in [3.05, 3.63) is 20.7 Å². The lowest BCUT2D eigenvalue weighted by Gasteiger charge is -2.36. The molecule has 0 saturated carbocycles. The van der Waals surface area contributed by atoms with E-state index in [1.165, 1.54) is 11.3 Å². The summed E-state index contributed by atoms with van der Waals surface area (Å²) in [6.45, 7) is 5.42. The molecule has 0 spiro atoms. The molecule has 2 heterocycles. The van der Waals surface area contributed by atoms with Gasteiger partial charge in [-0.05, 0) is 33.1 Å². The number of nitrogens with zero attached hydrogens (tertiary/aromatic N) is 2. The number of carbonyl (C=O) groups excluding carboxylic acids is 1. The van der Waals surface area contributed by atoms with E-state index in [1.54, 1.807) is 16.4 Å². The number of aryl methyl sites for hydroxylation is 1. The molecule has 112 valence electrons. The fraction of sp³-hybridized carbons (Fsp3) is 0.714. The fourth-order valence-corrected chi connectivity index (χ4v) is 3.42. The summed E-state index contributed by atoms with van der Waals surface area (Å²) in [5.74, 6) is 0.0749. The molecule has 1 aliphatic rings. The first-order valence-corrected chi connectivity index (χ1v) is 7.92. The van der Waals surface area contributed by atoms with Crippen LogP contribution >= 0.6 is 11.3 Å². The molecule has 6 heteroatoms. The lowest BCUT2D eigenvalue weighted by atomic mass is 9.95. The molecule has 1 aromatic rings. The number of thiazole rings is 1. The molecule has 2 rings (SSSR count). The van der Waals surface area contributed by atoms with Crippen LogP contribution in [0.3, 0.4) is 0 Å². The van der Waals surface area contributed by atoms with Crippen molar-refractivity contribution in [2.75, 3.05) is 13.1 Å². The van der Waals surface area contributed by atoms with E-state index in [0.29, 0.717) is 25.9 Å². The second kappa shape index (κ2) is 6.10. The summed E-state index contributed by atoms with van der Waals surface area (Å²) in [6.07, 6.45) is 2.69. The number of β-amino-alcohol motifs (C(OH)–C–C–N with tert-alkyl or cyclic N) is 1. The van der Waals surface area contributed by atoms with Crippen LogP contribution < -0.4 is 4.87 Å². The first kappa shape index (κ1) is 15.3. The quantitative estimate of drug-likeness (QED) is 0.913. The summed E-state index contributed by atoms with van der Waals surface area (Å²) in [7, 11) is 0. The third kappa shape index (κ3) is 3.70. The summed E-state index contributed by atoms with van der Waals surface area (Å²) in [5, 5.41) is 11.8. The molecule has 1 unspecified atom stereocenters. The molecule has 1 aliphatic heterocycles. The number of likely N-dealkylation sites (tertiary alicyclic amines) is 1. The third-order valence-corrected chi connectivity index (χ3v) is 4.66. The lowest BCUT2D eigenvalue weighted by molar-refractivity contribution is -0.137. The monoisotopic (exact) mass is 298 g/mol. The van der Waals surface area contributed by atoms with Crippen molar-refractivity contribution in [1.29, 1.82) is 0 Å². The molecule has 1 saturated heterocycles. The van der Waals surface area contributed by atoms with Gasteiger partial charge >= 0.3 is 4.87 Å². The minimum atomic E-state index is -0.755. The Morgan fingerprint density at radius 2 is 2.30 bits per heavy atom. The smallest absolute Gasteiger partial charge is 0.307 e. The van der Waals surface area contributed by atoms with Gasteiger partial charge in [0.1, 0.15) is 0 Å². The highest BCUT2D eigenvalue weighted by Gasteiger charge is 2.30. The van der Waals surface area contributed by atoms with Gasteiger partial charge in [-0.3, -0.25) is 9.59 Å². The molecule has 1 N–H and O–H groups in total. The van der Waals surface area contributed by atoms with Crippen molar-refractivity contribution in [3.8, 4) is 0 Å². The predicted molar refractivity (Wildman–Crippen MR) is 79.0 cm³/mol. The second-order valence-electron chi connectivity index (χ2n) is 5.81. The Bertz CT molecular complexity index is 533. The Hall–Kier alpha value is -1.14. The summed E-state index contributed by atoms with van der Waals surface area (Å²) >= 11 is 1.20. The van der Waals surface area contributed by atoms with Gasteiger partial charge in [0, 0.05) is 37.1 Å². The maximum absolute atomic E-state index is 12.1. The van der Waals surface area contributed by atoms with Gasteiger partial charge < -0.3 is 14.6 Å². The van der Waals surface area contributed by atoms with Crippen molar-refractivity contribution in [1.82, 2.24) is 9.47 Å². The number of hydrogen-bond acceptors (Lipinski definition) is 4. The van der Waals surface area contributed by atoms with Gasteiger partial charge in [-0.1, -0.05) is 11.3 Å². The van der Waals surface area contributed by atoms with Gasteiger partial charge in [0.25, 0.3) is 0 Å². The van der Waals surface area contributed by atoms with Crippen molar-refractivity contribution in [2.45, 2.75) is 51.7 Å². The van der Waals surface area contributed by atoms with Crippen LogP contribution in [0.1, 0.15) is 38.3 Å². The summed E-state index contributed by atoms with van der Waals surface area (Å²) in [6, 6.07) is 0. The summed E-state index contributed by atoms with van der Waals surface area (Å²) in [5.41, 5.74) is 0.197. The number of amides is 1. The minimum absolute atomic E-state index is 0.0378. The Labute approximate surface area is 122 Å². The predicted octanol–water partition coefficient (Wildman–Crippen LogP) is 1.37. The Kier molecular flexibility index (Phi) is 4.65. The molecule has 0 bridgehead atoms. The van der Waals surface area contributed by atoms with E-state index in [4.69, 9.17) is 0 Å². The molecule has 1 fully saturated rings. The maximum Gasteiger partial charge on any atom is 0.307 e. The van der Waals surface area contributed by atoms with Crippen molar-refractivity contribution in [2.24, 2.45) is 0 Å². The molecule has 1 amide bonds. The highest BCUT2D eigenvalue weighted by atomic mass is 32.1. The maximum atomic E-state index is 12.1. The number of carbonyl (C=O) groups is 1. The molecular weight excluding hydrogens is 276 g/mol. The van der Waals surface area contributed by atoms with Gasteiger partial charge in [-0.2, -0.15) is 0 Å². The van der Waals surface area contributed by atoms with E-state index in [9.17, 15) is 14.7 Å². The van der Waals surface area contributed by atoms with E-state index < -0.39 is 5.60 Å². The van der Waals surface area contributed by atoms with Crippen LogP contribution in [0.2, 0.25) is 0 Å². The van der Waals surface area contributed by atoms with Crippen LogP contribution in [0.5, 0.6) is 0 Å². The van der Waals surface area contributed by atoms with E-state index in [1.807, 2.05) is 12.3 Å². The second-order valence-corrected chi connectivity index (χ2v) is 6.63. The average molecular weight is 298 g/mol. The first-order valence-electron chi connectivity index (χ1n) is 7.04. The van der Waals surface area contributed by atoms with E-state index in [2.05, 4.69) is 0 Å². The van der Waals surface area contributed by atoms with Crippen LogP contribution in [-0.4, -0.2) is 39.2 Å². The normalized spacial score (nSPS) is 23.1. The molecule has 1 aromatic heterocycles. The zero-order valence-corrected chi connectivity index (χ0v) is 12.9. The number of rotatable bonds is 4. The molecule has 5 nitrogen and oxygen atoms in total. The molecule has 0 aliphatic carbocycles. The van der Waals surface area contributed by atoms with Gasteiger partial charge in [0.15, 0.2) is 0 Å². The molecule has 20 heavy (non-hydrogen) atoms. The van der Waals surface area contributed by atoms with Gasteiger partial charge in [0.2, 0.25) is 5.91 Å². The highest BCUT2D eigenvalue weighted by molar-refractivity contribution is 7.07. The van der Waals surface area contributed by atoms with E-state index >= 15 is 0 Å².